The first-order valence-corrected chi connectivity index (χ1v) is 13.0. The van der Waals surface area contributed by atoms with Crippen LogP contribution in [0.5, 0.6) is 0 Å². The molecule has 1 saturated carbocycles. The molecule has 1 saturated heterocycles. The molecule has 36 heavy (non-hydrogen) atoms. The molecule has 5 rings (SSSR count). The summed E-state index contributed by atoms with van der Waals surface area (Å²) in [5.41, 5.74) is 2.60. The van der Waals surface area contributed by atoms with Crippen molar-refractivity contribution < 1.29 is 14.1 Å². The molecule has 0 unspecified atom stereocenters. The Bertz CT molecular complexity index is 1290. The Morgan fingerprint density at radius 3 is 2.61 bits per heavy atom. The van der Waals surface area contributed by atoms with E-state index in [1.54, 1.807) is 11.8 Å². The first kappa shape index (κ1) is 24.7. The van der Waals surface area contributed by atoms with Crippen molar-refractivity contribution in [2.75, 3.05) is 13.1 Å². The molecule has 8 nitrogen and oxygen atoms in total. The maximum Gasteiger partial charge on any atom is 0.219 e. The summed E-state index contributed by atoms with van der Waals surface area (Å²) < 4.78 is 7.70. The van der Waals surface area contributed by atoms with Crippen molar-refractivity contribution in [3.63, 3.8) is 0 Å². The van der Waals surface area contributed by atoms with Crippen molar-refractivity contribution in [1.82, 2.24) is 24.8 Å². The summed E-state index contributed by atoms with van der Waals surface area (Å²) >= 11 is 6.11. The third-order valence-electron chi connectivity index (χ3n) is 7.21. The van der Waals surface area contributed by atoms with Crippen molar-refractivity contribution in [3.8, 4) is 11.5 Å². The van der Waals surface area contributed by atoms with E-state index in [4.69, 9.17) is 16.1 Å². The Balaban J connectivity index is 1.47. The van der Waals surface area contributed by atoms with Crippen LogP contribution in [0.2, 0.25) is 5.02 Å². The third kappa shape index (κ3) is 4.96. The highest BCUT2D eigenvalue weighted by atomic mass is 35.5. The van der Waals surface area contributed by atoms with Crippen LogP contribution in [0.1, 0.15) is 68.3 Å². The molecule has 1 amide bonds. The number of carbonyl (C=O) groups excluding carboxylic acids is 2. The van der Waals surface area contributed by atoms with Crippen molar-refractivity contribution in [1.29, 1.82) is 0 Å². The molecule has 0 radical (unpaired) electrons. The lowest BCUT2D eigenvalue weighted by Crippen LogP contribution is -2.28. The van der Waals surface area contributed by atoms with Gasteiger partial charge in [-0.2, -0.15) is 0 Å². The number of hydrogen-bond acceptors (Lipinski definition) is 6. The van der Waals surface area contributed by atoms with Crippen molar-refractivity contribution in [2.24, 2.45) is 11.8 Å². The maximum absolute atomic E-state index is 13.6. The molecule has 3 heterocycles. The molecule has 190 valence electrons. The summed E-state index contributed by atoms with van der Waals surface area (Å²) in [6, 6.07) is 7.81. The van der Waals surface area contributed by atoms with Crippen molar-refractivity contribution in [2.45, 2.75) is 65.3 Å². The highest BCUT2D eigenvalue weighted by molar-refractivity contribution is 6.30. The highest BCUT2D eigenvalue weighted by Crippen LogP contribution is 2.43. The number of hydrogen-bond donors (Lipinski definition) is 0. The number of benzene rings is 1. The SMILES string of the molecule is CC(=O)N1C[C@H](C(=O)Cc2ccc(Cl)cc2C)[C@@H](c2nnc(-c3cc(CC(C)C)on3)n2C2CC2)C1. The van der Waals surface area contributed by atoms with E-state index >= 15 is 0 Å². The molecule has 2 atom stereocenters. The van der Waals surface area contributed by atoms with Crippen LogP contribution >= 0.6 is 11.6 Å². The number of likely N-dealkylation sites (tertiary alicyclic amines) is 1. The molecule has 9 heteroatoms. The van der Waals surface area contributed by atoms with E-state index in [2.05, 4.69) is 33.8 Å². The molecule has 3 aromatic rings. The van der Waals surface area contributed by atoms with E-state index in [1.165, 1.54) is 0 Å². The molecule has 0 spiro atoms. The summed E-state index contributed by atoms with van der Waals surface area (Å²) in [6.07, 6.45) is 3.15. The first-order chi connectivity index (χ1) is 17.2. The van der Waals surface area contributed by atoms with Gasteiger partial charge in [-0.3, -0.25) is 9.59 Å². The van der Waals surface area contributed by atoms with Gasteiger partial charge in [0.1, 0.15) is 17.4 Å². The summed E-state index contributed by atoms with van der Waals surface area (Å²) in [5, 5.41) is 14.0. The molecule has 2 aromatic heterocycles. The zero-order chi connectivity index (χ0) is 25.6. The van der Waals surface area contributed by atoms with Crippen LogP contribution < -0.4 is 0 Å². The molecule has 0 bridgehead atoms. The van der Waals surface area contributed by atoms with Crippen molar-refractivity contribution >= 4 is 23.3 Å². The Hall–Kier alpha value is -3.00. The second kappa shape index (κ2) is 9.81. The monoisotopic (exact) mass is 509 g/mol. The smallest absolute Gasteiger partial charge is 0.219 e. The molecule has 1 aliphatic carbocycles. The molecule has 1 aliphatic heterocycles. The van der Waals surface area contributed by atoms with Crippen molar-refractivity contribution in [3.05, 3.63) is 52.0 Å². The number of halogens is 1. The number of carbonyl (C=O) groups is 2. The van der Waals surface area contributed by atoms with E-state index in [-0.39, 0.29) is 29.6 Å². The Morgan fingerprint density at radius 1 is 1.17 bits per heavy atom. The predicted molar refractivity (Wildman–Crippen MR) is 136 cm³/mol. The first-order valence-electron chi connectivity index (χ1n) is 12.6. The van der Waals surface area contributed by atoms with Gasteiger partial charge in [0, 0.05) is 61.8 Å². The van der Waals surface area contributed by atoms with E-state index in [9.17, 15) is 9.59 Å². The van der Waals surface area contributed by atoms with Crippen LogP contribution in [0.4, 0.5) is 0 Å². The van der Waals surface area contributed by atoms with E-state index in [0.29, 0.717) is 42.0 Å². The summed E-state index contributed by atoms with van der Waals surface area (Å²) in [5.74, 6) is 2.19. The number of rotatable bonds is 8. The zero-order valence-corrected chi connectivity index (χ0v) is 22.0. The van der Waals surface area contributed by atoms with Gasteiger partial charge in [0.2, 0.25) is 5.91 Å². The van der Waals surface area contributed by atoms with Crippen LogP contribution in [-0.2, 0) is 22.4 Å². The number of ketones is 1. The van der Waals surface area contributed by atoms with Gasteiger partial charge < -0.3 is 14.0 Å². The number of Topliss-reactive ketones (excluding diaryl/α,β-unsaturated/α-hetero) is 1. The van der Waals surface area contributed by atoms with Gasteiger partial charge >= 0.3 is 0 Å². The summed E-state index contributed by atoms with van der Waals surface area (Å²) in [7, 11) is 0. The van der Waals surface area contributed by atoms with Crippen LogP contribution in [0, 0.1) is 18.8 Å². The zero-order valence-electron chi connectivity index (χ0n) is 21.2. The lowest BCUT2D eigenvalue weighted by atomic mass is 9.87. The van der Waals surface area contributed by atoms with Crippen LogP contribution in [-0.4, -0.2) is 49.6 Å². The van der Waals surface area contributed by atoms with E-state index in [1.807, 2.05) is 31.2 Å². The molecule has 2 fully saturated rings. The van der Waals surface area contributed by atoms with Gasteiger partial charge in [-0.05, 0) is 48.9 Å². The lowest BCUT2D eigenvalue weighted by molar-refractivity contribution is -0.128. The van der Waals surface area contributed by atoms with Gasteiger partial charge in [-0.15, -0.1) is 10.2 Å². The van der Waals surface area contributed by atoms with Crippen LogP contribution in [0.25, 0.3) is 11.5 Å². The molecule has 0 N–H and O–H groups in total. The lowest BCUT2D eigenvalue weighted by Gasteiger charge is -2.18. The molecular formula is C27H32ClN5O3. The Kier molecular flexibility index (Phi) is 6.72. The minimum atomic E-state index is -0.354. The van der Waals surface area contributed by atoms with Crippen LogP contribution in [0.3, 0.4) is 0 Å². The minimum absolute atomic E-state index is 0.0366. The number of aromatic nitrogens is 4. The van der Waals surface area contributed by atoms with Gasteiger partial charge in [-0.1, -0.05) is 36.7 Å². The average molecular weight is 510 g/mol. The van der Waals surface area contributed by atoms with Gasteiger partial charge in [0.05, 0.1) is 0 Å². The molecule has 1 aromatic carbocycles. The number of amides is 1. The molecular weight excluding hydrogens is 478 g/mol. The maximum atomic E-state index is 13.6. The Morgan fingerprint density at radius 2 is 1.94 bits per heavy atom. The number of aryl methyl sites for hydroxylation is 1. The van der Waals surface area contributed by atoms with Crippen LogP contribution in [0.15, 0.2) is 28.8 Å². The highest BCUT2D eigenvalue weighted by Gasteiger charge is 2.44. The quantitative estimate of drug-likeness (QED) is 0.433. The predicted octanol–water partition coefficient (Wildman–Crippen LogP) is 4.80. The largest absolute Gasteiger partial charge is 0.361 e. The summed E-state index contributed by atoms with van der Waals surface area (Å²) in [6.45, 7) is 8.63. The van der Waals surface area contributed by atoms with E-state index in [0.717, 1.165) is 42.0 Å². The second-order valence-electron chi connectivity index (χ2n) is 10.6. The third-order valence-corrected chi connectivity index (χ3v) is 7.45. The van der Waals surface area contributed by atoms with E-state index < -0.39 is 0 Å². The van der Waals surface area contributed by atoms with Gasteiger partial charge in [0.15, 0.2) is 11.5 Å². The topological polar surface area (TPSA) is 94.1 Å². The Labute approximate surface area is 216 Å². The van der Waals surface area contributed by atoms with Gasteiger partial charge in [0.25, 0.3) is 0 Å². The molecule has 2 aliphatic rings. The normalized spacial score (nSPS) is 19.9. The minimum Gasteiger partial charge on any atom is -0.361 e. The number of nitrogens with zero attached hydrogens (tertiary/aromatic N) is 5. The summed E-state index contributed by atoms with van der Waals surface area (Å²) in [4.78, 5) is 27.7. The fourth-order valence-electron chi connectivity index (χ4n) is 5.17. The average Bonchev–Trinajstić information content (AvgIpc) is 3.20. The standard InChI is InChI=1S/C27H32ClN5O3/c1-15(2)9-21-12-24(31-36-21)27-30-29-26(33(27)20-7-8-20)23-14-32(17(4)34)13-22(23)25(35)11-18-5-6-19(28)10-16(18)3/h5-6,10,12,15,20,22-23H,7-9,11,13-14H2,1-4H3/t22-,23-/m0/s1. The second-order valence-corrected chi connectivity index (χ2v) is 11.0. The van der Waals surface area contributed by atoms with Gasteiger partial charge in [-0.25, -0.2) is 0 Å². The fraction of sp³-hybridized carbons (Fsp3) is 0.519. The fourth-order valence-corrected chi connectivity index (χ4v) is 5.39.